The van der Waals surface area contributed by atoms with Crippen molar-refractivity contribution in [1.82, 2.24) is 19.6 Å². The summed E-state index contributed by atoms with van der Waals surface area (Å²) in [5, 5.41) is 8.85. The van der Waals surface area contributed by atoms with Gasteiger partial charge in [0.2, 0.25) is 0 Å². The summed E-state index contributed by atoms with van der Waals surface area (Å²) in [6.45, 7) is 0.554. The van der Waals surface area contributed by atoms with E-state index in [9.17, 15) is 0 Å². The Bertz CT molecular complexity index is 770. The van der Waals surface area contributed by atoms with Crippen LogP contribution in [0.15, 0.2) is 36.7 Å². The molecule has 0 aliphatic carbocycles. The lowest BCUT2D eigenvalue weighted by Crippen LogP contribution is -2.08. The zero-order valence-electron chi connectivity index (χ0n) is 9.82. The van der Waals surface area contributed by atoms with Gasteiger partial charge in [-0.1, -0.05) is 29.8 Å². The van der Waals surface area contributed by atoms with Gasteiger partial charge >= 0.3 is 0 Å². The first kappa shape index (κ1) is 10.8. The van der Waals surface area contributed by atoms with Crippen LogP contribution < -0.4 is 4.74 Å². The van der Waals surface area contributed by atoms with Crippen molar-refractivity contribution in [1.29, 1.82) is 0 Å². The van der Waals surface area contributed by atoms with Gasteiger partial charge in [0.25, 0.3) is 0 Å². The van der Waals surface area contributed by atoms with E-state index in [1.165, 1.54) is 0 Å². The van der Waals surface area contributed by atoms with Gasteiger partial charge < -0.3 is 4.74 Å². The minimum absolute atomic E-state index is 0.0473. The van der Waals surface area contributed by atoms with Gasteiger partial charge in [0.1, 0.15) is 23.3 Å². The summed E-state index contributed by atoms with van der Waals surface area (Å²) >= 11 is 6.19. The third kappa shape index (κ3) is 1.51. The molecule has 94 valence electrons. The number of benzene rings is 1. The van der Waals surface area contributed by atoms with Crippen LogP contribution in [-0.4, -0.2) is 26.2 Å². The van der Waals surface area contributed by atoms with Crippen LogP contribution in [-0.2, 0) is 0 Å². The summed E-state index contributed by atoms with van der Waals surface area (Å²) in [4.78, 5) is 4.01. The van der Waals surface area contributed by atoms with Crippen molar-refractivity contribution in [3.63, 3.8) is 0 Å². The monoisotopic (exact) mass is 272 g/mol. The molecular weight excluding hydrogens is 264 g/mol. The Morgan fingerprint density at radius 2 is 2.11 bits per heavy atom. The van der Waals surface area contributed by atoms with E-state index in [4.69, 9.17) is 16.3 Å². The van der Waals surface area contributed by atoms with Crippen LogP contribution in [0.3, 0.4) is 0 Å². The van der Waals surface area contributed by atoms with Crippen molar-refractivity contribution in [3.05, 3.63) is 53.2 Å². The molecule has 1 aromatic carbocycles. The smallest absolute Gasteiger partial charge is 0.180 e. The average Bonchev–Trinajstić information content (AvgIpc) is 3.02. The molecule has 0 fully saturated rings. The van der Waals surface area contributed by atoms with Gasteiger partial charge in [0, 0.05) is 5.56 Å². The summed E-state index contributed by atoms with van der Waals surface area (Å²) < 4.78 is 7.49. The Kier molecular flexibility index (Phi) is 2.22. The highest BCUT2D eigenvalue weighted by atomic mass is 35.5. The zero-order chi connectivity index (χ0) is 12.8. The Morgan fingerprint density at radius 3 is 3.05 bits per heavy atom. The molecule has 0 N–H and O–H groups in total. The van der Waals surface area contributed by atoms with Gasteiger partial charge in [-0.2, -0.15) is 0 Å². The Hall–Kier alpha value is -2.14. The number of rotatable bonds is 1. The molecule has 0 radical (unpaired) electrons. The van der Waals surface area contributed by atoms with Crippen LogP contribution in [0.1, 0.15) is 17.3 Å². The van der Waals surface area contributed by atoms with Crippen LogP contribution >= 0.6 is 11.6 Å². The van der Waals surface area contributed by atoms with Crippen LogP contribution in [0.4, 0.5) is 0 Å². The first-order chi connectivity index (χ1) is 9.34. The number of hydrogen-bond acceptors (Lipinski definition) is 4. The number of aromatic nitrogens is 4. The molecule has 0 bridgehead atoms. The number of hydrogen-bond donors (Lipinski definition) is 0. The largest absolute Gasteiger partial charge is 0.492 e. The maximum absolute atomic E-state index is 6.19. The quantitative estimate of drug-likeness (QED) is 0.682. The molecule has 1 aliphatic rings. The molecular formula is C13H9ClN4O. The summed E-state index contributed by atoms with van der Waals surface area (Å²) in [6, 6.07) is 7.96. The van der Waals surface area contributed by atoms with Crippen molar-refractivity contribution in [2.45, 2.75) is 5.92 Å². The lowest BCUT2D eigenvalue weighted by atomic mass is 10.0. The fourth-order valence-electron chi connectivity index (χ4n) is 2.44. The lowest BCUT2D eigenvalue weighted by Gasteiger charge is -2.07. The second kappa shape index (κ2) is 3.93. The van der Waals surface area contributed by atoms with Crippen molar-refractivity contribution in [3.8, 4) is 5.75 Å². The molecule has 3 heterocycles. The molecule has 5 nitrogen and oxygen atoms in total. The standard InChI is InChI=1S/C13H9ClN4O/c14-11-5-15-6-12-16-17-13(18(11)12)9-7-19-10-4-2-1-3-8(9)10/h1-6,9H,7H2. The van der Waals surface area contributed by atoms with E-state index in [0.29, 0.717) is 17.4 Å². The van der Waals surface area contributed by atoms with Crippen molar-refractivity contribution in [2.75, 3.05) is 6.61 Å². The third-order valence-corrected chi connectivity index (χ3v) is 3.58. The van der Waals surface area contributed by atoms with Gasteiger partial charge in [-0.05, 0) is 6.07 Å². The fraction of sp³-hybridized carbons (Fsp3) is 0.154. The van der Waals surface area contributed by atoms with Crippen LogP contribution in [0.2, 0.25) is 5.15 Å². The molecule has 0 saturated carbocycles. The normalized spacial score (nSPS) is 17.4. The predicted molar refractivity (Wildman–Crippen MR) is 69.6 cm³/mol. The topological polar surface area (TPSA) is 52.3 Å². The van der Waals surface area contributed by atoms with Crippen molar-refractivity contribution >= 4 is 17.2 Å². The lowest BCUT2D eigenvalue weighted by molar-refractivity contribution is 0.339. The molecule has 0 saturated heterocycles. The maximum atomic E-state index is 6.19. The predicted octanol–water partition coefficient (Wildman–Crippen LogP) is 2.30. The first-order valence-corrected chi connectivity index (χ1v) is 6.28. The number of fused-ring (bicyclic) bond motifs is 2. The van der Waals surface area contributed by atoms with Crippen LogP contribution in [0.5, 0.6) is 5.75 Å². The van der Waals surface area contributed by atoms with E-state index < -0.39 is 0 Å². The van der Waals surface area contributed by atoms with Gasteiger partial charge in [-0.15, -0.1) is 10.2 Å². The second-order valence-electron chi connectivity index (χ2n) is 4.38. The third-order valence-electron chi connectivity index (χ3n) is 3.31. The molecule has 1 unspecified atom stereocenters. The summed E-state index contributed by atoms with van der Waals surface area (Å²) in [7, 11) is 0. The van der Waals surface area contributed by atoms with E-state index in [1.54, 1.807) is 12.4 Å². The average molecular weight is 273 g/mol. The van der Waals surface area contributed by atoms with Crippen LogP contribution in [0, 0.1) is 0 Å². The summed E-state index contributed by atoms with van der Waals surface area (Å²) in [6.07, 6.45) is 3.23. The molecule has 3 aromatic rings. The van der Waals surface area contributed by atoms with E-state index in [1.807, 2.05) is 28.7 Å². The van der Waals surface area contributed by atoms with Gasteiger partial charge in [-0.25, -0.2) is 0 Å². The minimum atomic E-state index is 0.0473. The molecule has 0 spiro atoms. The first-order valence-electron chi connectivity index (χ1n) is 5.91. The Balaban J connectivity index is 1.93. The Labute approximate surface area is 113 Å². The molecule has 1 aliphatic heterocycles. The van der Waals surface area contributed by atoms with Gasteiger partial charge in [0.15, 0.2) is 5.65 Å². The number of para-hydroxylation sites is 1. The van der Waals surface area contributed by atoms with E-state index in [0.717, 1.165) is 17.1 Å². The van der Waals surface area contributed by atoms with E-state index in [-0.39, 0.29) is 5.92 Å². The van der Waals surface area contributed by atoms with Crippen molar-refractivity contribution in [2.24, 2.45) is 0 Å². The van der Waals surface area contributed by atoms with Gasteiger partial charge in [0.05, 0.1) is 18.3 Å². The van der Waals surface area contributed by atoms with Crippen molar-refractivity contribution < 1.29 is 4.74 Å². The molecule has 2 aromatic heterocycles. The molecule has 19 heavy (non-hydrogen) atoms. The van der Waals surface area contributed by atoms with Gasteiger partial charge in [-0.3, -0.25) is 9.38 Å². The number of nitrogens with zero attached hydrogens (tertiary/aromatic N) is 4. The molecule has 0 amide bonds. The summed E-state index contributed by atoms with van der Waals surface area (Å²) in [5.74, 6) is 1.73. The zero-order valence-corrected chi connectivity index (χ0v) is 10.6. The fourth-order valence-corrected chi connectivity index (χ4v) is 2.67. The number of ether oxygens (including phenoxy) is 1. The highest BCUT2D eigenvalue weighted by molar-refractivity contribution is 6.29. The summed E-state index contributed by atoms with van der Waals surface area (Å²) in [5.41, 5.74) is 1.76. The minimum Gasteiger partial charge on any atom is -0.492 e. The molecule has 1 atom stereocenters. The molecule has 6 heteroatoms. The Morgan fingerprint density at radius 1 is 1.21 bits per heavy atom. The highest BCUT2D eigenvalue weighted by Crippen LogP contribution is 2.37. The van der Waals surface area contributed by atoms with E-state index >= 15 is 0 Å². The van der Waals surface area contributed by atoms with E-state index in [2.05, 4.69) is 15.2 Å². The number of halogens is 1. The highest BCUT2D eigenvalue weighted by Gasteiger charge is 2.29. The second-order valence-corrected chi connectivity index (χ2v) is 4.77. The SMILES string of the molecule is Clc1cncc2nnc(C3COc4ccccc43)n12. The molecule has 4 rings (SSSR count). The van der Waals surface area contributed by atoms with Crippen LogP contribution in [0.25, 0.3) is 5.65 Å². The maximum Gasteiger partial charge on any atom is 0.180 e.